The van der Waals surface area contributed by atoms with Gasteiger partial charge in [-0.05, 0) is 24.3 Å². The number of aromatic hydroxyl groups is 11. The van der Waals surface area contributed by atoms with Crippen LogP contribution < -0.4 is 4.74 Å². The first kappa shape index (κ1) is 38.9. The fourth-order valence-electron chi connectivity index (χ4n) is 5.79. The number of aliphatic hydroxyl groups is 2. The van der Waals surface area contributed by atoms with E-state index in [4.69, 9.17) is 23.7 Å². The number of phenols is 11. The van der Waals surface area contributed by atoms with Gasteiger partial charge in [0.05, 0.1) is 16.7 Å². The molecule has 14 N–H and O–H groups in total. The number of fused-ring (bicyclic) bond motifs is 5. The second-order valence-electron chi connectivity index (χ2n) is 12.1. The minimum Gasteiger partial charge on any atom is -0.504 e. The molecule has 2 aliphatic rings. The van der Waals surface area contributed by atoms with Crippen molar-refractivity contribution in [1.82, 2.24) is 0 Å². The number of rotatable bonds is 5. The number of aromatic carboxylic acids is 1. The van der Waals surface area contributed by atoms with Gasteiger partial charge in [0.15, 0.2) is 64.0 Å². The lowest BCUT2D eigenvalue weighted by molar-refractivity contribution is -0.284. The first-order valence-electron chi connectivity index (χ1n) is 15.6. The summed E-state index contributed by atoms with van der Waals surface area (Å²) in [7, 11) is 0. The van der Waals surface area contributed by atoms with E-state index in [0.717, 1.165) is 0 Å². The van der Waals surface area contributed by atoms with Gasteiger partial charge < -0.3 is 95.2 Å². The van der Waals surface area contributed by atoms with Gasteiger partial charge in [0.1, 0.15) is 24.4 Å². The van der Waals surface area contributed by atoms with Gasteiger partial charge >= 0.3 is 23.9 Å². The standard InChI is InChI=1S/C34H26O23/c35-11-1-7(2-12(36)19(11)40)31(50)57-34-26(47)29-23(44)16(54-34)6-53-32(51)8-3-13(37)20(41)24(45)17(8)18-9(33(52)56-29)4-15(39)22(43)28(18)55-27-10(30(48)49)5-14(38)21(42)25(27)46/h1-5,16,23,26,29,34-47H,6H2,(H,48,49)/t16-,23-,26-,29+,34+/m1/s1. The summed E-state index contributed by atoms with van der Waals surface area (Å²) in [6.45, 7) is -1.09. The van der Waals surface area contributed by atoms with E-state index in [1.807, 2.05) is 0 Å². The van der Waals surface area contributed by atoms with Crippen molar-refractivity contribution in [2.75, 3.05) is 6.61 Å². The van der Waals surface area contributed by atoms with E-state index >= 15 is 0 Å². The molecule has 0 unspecified atom stereocenters. The molecule has 1 fully saturated rings. The molecular weight excluding hydrogens is 776 g/mol. The lowest BCUT2D eigenvalue weighted by atomic mass is 9.91. The van der Waals surface area contributed by atoms with Crippen molar-refractivity contribution >= 4 is 23.9 Å². The van der Waals surface area contributed by atoms with E-state index in [-0.39, 0.29) is 0 Å². The first-order chi connectivity index (χ1) is 26.7. The Bertz CT molecular complexity index is 2360. The molecule has 2 heterocycles. The van der Waals surface area contributed by atoms with Crippen LogP contribution in [0.5, 0.6) is 74.7 Å². The zero-order chi connectivity index (χ0) is 41.9. The normalized spacial score (nSPS) is 20.4. The maximum absolute atomic E-state index is 14.1. The predicted molar refractivity (Wildman–Crippen MR) is 176 cm³/mol. The summed E-state index contributed by atoms with van der Waals surface area (Å²) in [5, 5.41) is 146. The monoisotopic (exact) mass is 802 g/mol. The minimum atomic E-state index is -2.37. The molecule has 2 aliphatic heterocycles. The van der Waals surface area contributed by atoms with Crippen LogP contribution in [-0.4, -0.2) is 133 Å². The molecule has 57 heavy (non-hydrogen) atoms. The summed E-state index contributed by atoms with van der Waals surface area (Å²) in [4.78, 5) is 52.8. The Kier molecular flexibility index (Phi) is 9.67. The van der Waals surface area contributed by atoms with E-state index in [0.29, 0.717) is 30.3 Å². The smallest absolute Gasteiger partial charge is 0.340 e. The van der Waals surface area contributed by atoms with Crippen molar-refractivity contribution in [1.29, 1.82) is 0 Å². The highest BCUT2D eigenvalue weighted by molar-refractivity contribution is 6.08. The number of aliphatic hydroxyl groups excluding tert-OH is 2. The lowest BCUT2D eigenvalue weighted by Crippen LogP contribution is -2.61. The third kappa shape index (κ3) is 6.58. The van der Waals surface area contributed by atoms with Crippen molar-refractivity contribution in [3.63, 3.8) is 0 Å². The van der Waals surface area contributed by atoms with Gasteiger partial charge in [-0.1, -0.05) is 0 Å². The fraction of sp³-hybridized carbons (Fsp3) is 0.176. The Balaban J connectivity index is 1.55. The van der Waals surface area contributed by atoms with Crippen LogP contribution in [0.25, 0.3) is 11.1 Å². The molecule has 4 aromatic carbocycles. The topological polar surface area (TPSA) is 398 Å². The van der Waals surface area contributed by atoms with Gasteiger partial charge in [-0.25, -0.2) is 19.2 Å². The molecule has 0 radical (unpaired) electrons. The van der Waals surface area contributed by atoms with Gasteiger partial charge in [-0.15, -0.1) is 0 Å². The molecule has 0 aromatic heterocycles. The van der Waals surface area contributed by atoms with Gasteiger partial charge in [0.25, 0.3) is 0 Å². The van der Waals surface area contributed by atoms with Gasteiger partial charge in [0.2, 0.25) is 29.3 Å². The second-order valence-corrected chi connectivity index (χ2v) is 12.1. The fourth-order valence-corrected chi connectivity index (χ4v) is 5.79. The number of carboxylic acids is 1. The molecule has 23 nitrogen and oxygen atoms in total. The van der Waals surface area contributed by atoms with Gasteiger partial charge in [0, 0.05) is 17.2 Å². The number of carbonyl (C=O) groups is 4. The summed E-state index contributed by atoms with van der Waals surface area (Å²) in [6.07, 6.45) is -10.9. The molecule has 0 spiro atoms. The van der Waals surface area contributed by atoms with Gasteiger partial charge in [-0.2, -0.15) is 0 Å². The average molecular weight is 803 g/mol. The van der Waals surface area contributed by atoms with Crippen molar-refractivity contribution in [2.24, 2.45) is 0 Å². The largest absolute Gasteiger partial charge is 0.504 e. The number of benzene rings is 4. The summed E-state index contributed by atoms with van der Waals surface area (Å²) < 4.78 is 26.5. The quantitative estimate of drug-likeness (QED) is 0.0746. The van der Waals surface area contributed by atoms with Gasteiger partial charge in [-0.3, -0.25) is 0 Å². The second kappa shape index (κ2) is 14.1. The maximum Gasteiger partial charge on any atom is 0.340 e. The molecule has 5 atom stereocenters. The minimum absolute atomic E-state index is 0.362. The number of esters is 3. The predicted octanol–water partition coefficient (Wildman–Crippen LogP) is 0.605. The van der Waals surface area contributed by atoms with Crippen LogP contribution in [0, 0.1) is 0 Å². The highest BCUT2D eigenvalue weighted by atomic mass is 16.7. The first-order valence-corrected chi connectivity index (χ1v) is 15.6. The summed E-state index contributed by atoms with van der Waals surface area (Å²) in [5.74, 6) is -23.4. The van der Waals surface area contributed by atoms with Crippen molar-refractivity contribution in [3.05, 3.63) is 52.6 Å². The van der Waals surface area contributed by atoms with E-state index in [2.05, 4.69) is 0 Å². The average Bonchev–Trinajstić information content (AvgIpc) is 3.15. The van der Waals surface area contributed by atoms with Crippen molar-refractivity contribution in [3.8, 4) is 85.9 Å². The Morgan fingerprint density at radius 1 is 0.614 bits per heavy atom. The van der Waals surface area contributed by atoms with Crippen LogP contribution in [0.1, 0.15) is 41.4 Å². The molecule has 23 heteroatoms. The number of ether oxygens (including phenoxy) is 5. The highest BCUT2D eigenvalue weighted by Gasteiger charge is 2.50. The molecule has 0 saturated carbocycles. The summed E-state index contributed by atoms with van der Waals surface area (Å²) in [5.41, 5.74) is -6.16. The number of carbonyl (C=O) groups excluding carboxylic acids is 3. The molecule has 0 amide bonds. The molecule has 1 saturated heterocycles. The summed E-state index contributed by atoms with van der Waals surface area (Å²) >= 11 is 0. The Morgan fingerprint density at radius 2 is 1.16 bits per heavy atom. The molecule has 6 rings (SSSR count). The molecule has 0 aliphatic carbocycles. The number of phenolic OH excluding ortho intramolecular Hbond substituents is 11. The molecule has 300 valence electrons. The van der Waals surface area contributed by atoms with Crippen LogP contribution in [0.15, 0.2) is 30.3 Å². The SMILES string of the molecule is O=C(O[C@@H]1O[C@@H]2COC(=O)c3cc(O)c(O)c(O)c3-c3c(cc(O)c(O)c3Oc3c(C(=O)O)cc(O)c(O)c3O)C(=O)O[C@H]([C@H]1O)[C@@H]2O)c1cc(O)c(O)c(O)c1. The molecular formula is C34H26O23. The van der Waals surface area contributed by atoms with E-state index in [1.165, 1.54) is 0 Å². The Labute approximate surface area is 314 Å². The Hall–Kier alpha value is -7.76. The van der Waals surface area contributed by atoms with Crippen LogP contribution in [-0.2, 0) is 18.9 Å². The van der Waals surface area contributed by atoms with E-state index in [1.54, 1.807) is 0 Å². The molecule has 2 bridgehead atoms. The van der Waals surface area contributed by atoms with Crippen LogP contribution in [0.2, 0.25) is 0 Å². The number of hydrogen-bond acceptors (Lipinski definition) is 22. The lowest BCUT2D eigenvalue weighted by Gasteiger charge is -2.41. The Morgan fingerprint density at radius 3 is 1.77 bits per heavy atom. The zero-order valence-corrected chi connectivity index (χ0v) is 27.9. The number of hydrogen-bond donors (Lipinski definition) is 14. The van der Waals surface area contributed by atoms with Crippen LogP contribution >= 0.6 is 0 Å². The van der Waals surface area contributed by atoms with E-state index < -0.39 is 169 Å². The highest BCUT2D eigenvalue weighted by Crippen LogP contribution is 2.56. The van der Waals surface area contributed by atoms with E-state index in [9.17, 15) is 90.7 Å². The van der Waals surface area contributed by atoms with Crippen molar-refractivity contribution < 1.29 is 114 Å². The number of cyclic esters (lactones) is 1. The van der Waals surface area contributed by atoms with Crippen LogP contribution in [0.4, 0.5) is 0 Å². The zero-order valence-electron chi connectivity index (χ0n) is 27.9. The third-order valence-electron chi connectivity index (χ3n) is 8.61. The van der Waals surface area contributed by atoms with Crippen LogP contribution in [0.3, 0.4) is 0 Å². The third-order valence-corrected chi connectivity index (χ3v) is 8.61. The maximum atomic E-state index is 14.1. The summed E-state index contributed by atoms with van der Waals surface area (Å²) in [6, 6.07) is 2.47. The van der Waals surface area contributed by atoms with Crippen molar-refractivity contribution in [2.45, 2.75) is 30.7 Å². The number of carboxylic acid groups (broad SMARTS) is 1. The molecule has 4 aromatic rings.